The summed E-state index contributed by atoms with van der Waals surface area (Å²) in [5.41, 5.74) is -2.34. The van der Waals surface area contributed by atoms with E-state index in [2.05, 4.69) is 0 Å². The lowest BCUT2D eigenvalue weighted by molar-refractivity contribution is 0.232. The van der Waals surface area contributed by atoms with E-state index in [9.17, 15) is 12.8 Å². The van der Waals surface area contributed by atoms with Crippen molar-refractivity contribution in [1.29, 1.82) is 0 Å². The molecule has 3 rings (SSSR count). The van der Waals surface area contributed by atoms with Crippen LogP contribution >= 0.6 is 23.2 Å². The van der Waals surface area contributed by atoms with Gasteiger partial charge in [-0.2, -0.15) is 0 Å². The van der Waals surface area contributed by atoms with Gasteiger partial charge in [-0.05, 0) is 41.5 Å². The van der Waals surface area contributed by atoms with Gasteiger partial charge in [0.25, 0.3) is 0 Å². The summed E-state index contributed by atoms with van der Waals surface area (Å²) in [6, 6.07) is 11.9. The predicted molar refractivity (Wildman–Crippen MR) is 101 cm³/mol. The van der Waals surface area contributed by atoms with E-state index in [4.69, 9.17) is 23.2 Å². The molecule has 2 aromatic rings. The van der Waals surface area contributed by atoms with Gasteiger partial charge < -0.3 is 0 Å². The first-order chi connectivity index (χ1) is 12.1. The lowest BCUT2D eigenvalue weighted by atomic mass is 9.84. The first-order valence-corrected chi connectivity index (χ1v) is 10.2. The molecule has 0 spiro atoms. The summed E-state index contributed by atoms with van der Waals surface area (Å²) in [6.45, 7) is 0. The summed E-state index contributed by atoms with van der Waals surface area (Å²) < 4.78 is 53.5. The summed E-state index contributed by atoms with van der Waals surface area (Å²) in [4.78, 5) is 0. The van der Waals surface area contributed by atoms with E-state index in [0.29, 0.717) is 0 Å². The molecule has 0 aliphatic heterocycles. The van der Waals surface area contributed by atoms with Gasteiger partial charge in [-0.1, -0.05) is 59.6 Å². The molecule has 1 aliphatic rings. The zero-order valence-corrected chi connectivity index (χ0v) is 15.9. The van der Waals surface area contributed by atoms with E-state index in [1.807, 2.05) is 0 Å². The van der Waals surface area contributed by atoms with Crippen LogP contribution in [0.4, 0.5) is 8.78 Å². The number of hydrogen-bond donors (Lipinski definition) is 0. The van der Waals surface area contributed by atoms with Crippen molar-refractivity contribution in [2.75, 3.05) is 6.26 Å². The summed E-state index contributed by atoms with van der Waals surface area (Å²) in [5, 5.41) is 0.385. The quantitative estimate of drug-likeness (QED) is 0.619. The molecule has 0 N–H and O–H groups in total. The number of halogens is 4. The highest BCUT2D eigenvalue weighted by Gasteiger charge is 2.48. The van der Waals surface area contributed by atoms with Gasteiger partial charge in [-0.3, -0.25) is 0 Å². The van der Waals surface area contributed by atoms with Crippen LogP contribution in [-0.4, -0.2) is 14.7 Å². The molecule has 0 heterocycles. The second-order valence-electron chi connectivity index (χ2n) is 6.13. The van der Waals surface area contributed by atoms with Gasteiger partial charge in [-0.25, -0.2) is 17.2 Å². The molecular weight excluding hydrogens is 401 g/mol. The first-order valence-electron chi connectivity index (χ1n) is 7.58. The molecule has 0 saturated carbocycles. The fraction of sp³-hybridized carbons (Fsp3) is 0.158. The molecule has 26 heavy (non-hydrogen) atoms. The van der Waals surface area contributed by atoms with Crippen LogP contribution in [0.15, 0.2) is 72.6 Å². The third-order valence-electron chi connectivity index (χ3n) is 4.37. The maximum absolute atomic E-state index is 15.3. The first kappa shape index (κ1) is 19.1. The van der Waals surface area contributed by atoms with Crippen LogP contribution in [0, 0.1) is 0 Å². The Kier molecular flexibility index (Phi) is 4.76. The van der Waals surface area contributed by atoms with Crippen molar-refractivity contribution in [1.82, 2.24) is 0 Å². The summed E-state index contributed by atoms with van der Waals surface area (Å²) in [6.07, 6.45) is 3.79. The van der Waals surface area contributed by atoms with Crippen molar-refractivity contribution in [3.8, 4) is 0 Å². The van der Waals surface area contributed by atoms with Crippen molar-refractivity contribution in [3.63, 3.8) is 0 Å². The Morgan fingerprint density at radius 2 is 1.50 bits per heavy atom. The number of sulfone groups is 1. The Hall–Kier alpha value is -1.69. The van der Waals surface area contributed by atoms with Gasteiger partial charge in [0.2, 0.25) is 5.67 Å². The lowest BCUT2D eigenvalue weighted by Crippen LogP contribution is -2.36. The molecule has 2 unspecified atom stereocenters. The summed E-state index contributed by atoms with van der Waals surface area (Å²) >= 11 is 12.0. The molecule has 0 amide bonds. The third-order valence-corrected chi connectivity index (χ3v) is 6.52. The van der Waals surface area contributed by atoms with Crippen LogP contribution in [0.1, 0.15) is 11.1 Å². The van der Waals surface area contributed by atoms with Crippen LogP contribution < -0.4 is 0 Å². The third kappa shape index (κ3) is 3.08. The van der Waals surface area contributed by atoms with E-state index in [0.717, 1.165) is 24.5 Å². The number of hydrogen-bond acceptors (Lipinski definition) is 2. The van der Waals surface area contributed by atoms with Gasteiger partial charge in [-0.15, -0.1) is 0 Å². The van der Waals surface area contributed by atoms with Crippen molar-refractivity contribution >= 4 is 33.0 Å². The highest BCUT2D eigenvalue weighted by Crippen LogP contribution is 2.47. The van der Waals surface area contributed by atoms with E-state index in [1.54, 1.807) is 18.2 Å². The normalized spacial score (nSPS) is 25.8. The number of allylic oxidation sites excluding steroid dienone is 2. The Balaban J connectivity index is 2.24. The molecule has 0 saturated heterocycles. The van der Waals surface area contributed by atoms with Gasteiger partial charge in [0.1, 0.15) is 10.6 Å². The van der Waals surface area contributed by atoms with Crippen LogP contribution in [0.25, 0.3) is 0 Å². The average Bonchev–Trinajstić information content (AvgIpc) is 2.56. The zero-order chi connectivity index (χ0) is 19.2. The topological polar surface area (TPSA) is 34.1 Å². The van der Waals surface area contributed by atoms with Gasteiger partial charge in [0, 0.05) is 16.3 Å². The fourth-order valence-electron chi connectivity index (χ4n) is 2.98. The standard InChI is InChI=1S/C19H14Cl2F2O2S/c1-26(24,25)18(14-9-15(20)11-16(21)10-14)7-8-19(23,17(22)12-18)13-5-3-2-4-6-13/h2-12H,1H3. The van der Waals surface area contributed by atoms with Crippen molar-refractivity contribution in [3.05, 3.63) is 93.8 Å². The zero-order valence-electron chi connectivity index (χ0n) is 13.6. The molecule has 2 nitrogen and oxygen atoms in total. The molecule has 0 bridgehead atoms. The van der Waals surface area contributed by atoms with Crippen molar-refractivity contribution in [2.24, 2.45) is 0 Å². The fourth-order valence-corrected chi connectivity index (χ4v) is 4.68. The highest BCUT2D eigenvalue weighted by atomic mass is 35.5. The van der Waals surface area contributed by atoms with Crippen molar-refractivity contribution in [2.45, 2.75) is 10.4 Å². The van der Waals surface area contributed by atoms with E-state index in [1.165, 1.54) is 30.3 Å². The largest absolute Gasteiger partial charge is 0.228 e. The smallest absolute Gasteiger partial charge is 0.205 e. The minimum absolute atomic E-state index is 0.0660. The molecule has 2 aromatic carbocycles. The van der Waals surface area contributed by atoms with E-state index in [-0.39, 0.29) is 21.2 Å². The molecule has 0 aromatic heterocycles. The van der Waals surface area contributed by atoms with E-state index < -0.39 is 26.1 Å². The molecule has 136 valence electrons. The molecule has 1 aliphatic carbocycles. The Labute approximate surface area is 160 Å². The van der Waals surface area contributed by atoms with Crippen molar-refractivity contribution < 1.29 is 17.2 Å². The molecule has 7 heteroatoms. The SMILES string of the molecule is CS(=O)(=O)C1(c2cc(Cl)cc(Cl)c2)C=CC(F)(c2ccccc2)C(F)=C1. The van der Waals surface area contributed by atoms with Gasteiger partial charge in [0.15, 0.2) is 9.84 Å². The van der Waals surface area contributed by atoms with Gasteiger partial charge in [0.05, 0.1) is 0 Å². The minimum atomic E-state index is -3.93. The maximum atomic E-state index is 15.3. The van der Waals surface area contributed by atoms with Crippen LogP contribution in [0.2, 0.25) is 10.0 Å². The molecule has 2 atom stereocenters. The second-order valence-corrected chi connectivity index (χ2v) is 9.22. The Bertz CT molecular complexity index is 999. The minimum Gasteiger partial charge on any atom is -0.228 e. The molecule has 0 fully saturated rings. The Morgan fingerprint density at radius 1 is 0.923 bits per heavy atom. The molecule has 0 radical (unpaired) electrons. The molecular formula is C19H14Cl2F2O2S. The second kappa shape index (κ2) is 6.48. The van der Waals surface area contributed by atoms with E-state index >= 15 is 4.39 Å². The Morgan fingerprint density at radius 3 is 2.00 bits per heavy atom. The maximum Gasteiger partial charge on any atom is 0.205 e. The summed E-state index contributed by atoms with van der Waals surface area (Å²) in [7, 11) is -3.93. The van der Waals surface area contributed by atoms with Crippen LogP contribution in [-0.2, 0) is 20.3 Å². The number of alkyl halides is 1. The number of rotatable bonds is 3. The average molecular weight is 415 g/mol. The highest BCUT2D eigenvalue weighted by molar-refractivity contribution is 7.92. The monoisotopic (exact) mass is 414 g/mol. The predicted octanol–water partition coefficient (Wildman–Crippen LogP) is 5.52. The van der Waals surface area contributed by atoms with Crippen LogP contribution in [0.5, 0.6) is 0 Å². The number of benzene rings is 2. The van der Waals surface area contributed by atoms with Crippen LogP contribution in [0.3, 0.4) is 0 Å². The summed E-state index contributed by atoms with van der Waals surface area (Å²) in [5.74, 6) is -1.22. The van der Waals surface area contributed by atoms with Gasteiger partial charge >= 0.3 is 0 Å². The lowest BCUT2D eigenvalue weighted by Gasteiger charge is -2.33.